The fourth-order valence-electron chi connectivity index (χ4n) is 10.5. The van der Waals surface area contributed by atoms with Gasteiger partial charge in [-0.15, -0.1) is 0 Å². The molecule has 428 valence electrons. The fourth-order valence-corrected chi connectivity index (χ4v) is 10.6. The number of hydrogen-bond acceptors (Lipinski definition) is 16. The summed E-state index contributed by atoms with van der Waals surface area (Å²) in [6.45, 7) is 8.29. The van der Waals surface area contributed by atoms with Crippen LogP contribution in [0.4, 0.5) is 0 Å². The van der Waals surface area contributed by atoms with Crippen LogP contribution >= 0.6 is 11.6 Å². The average Bonchev–Trinajstić information content (AvgIpc) is 4.35. The molecule has 15 unspecified atom stereocenters. The van der Waals surface area contributed by atoms with Crippen LogP contribution in [-0.2, 0) is 44.7 Å². The predicted molar refractivity (Wildman–Crippen MR) is 280 cm³/mol. The summed E-state index contributed by atoms with van der Waals surface area (Å²) in [5, 5.41) is 66.0. The van der Waals surface area contributed by atoms with E-state index in [-0.39, 0.29) is 72.3 Å². The van der Waals surface area contributed by atoms with E-state index in [2.05, 4.69) is 31.9 Å². The molecule has 2 aromatic carbocycles. The van der Waals surface area contributed by atoms with Gasteiger partial charge in [0, 0.05) is 18.9 Å². The number of allylic oxidation sites excluding steroid dienone is 1. The van der Waals surface area contributed by atoms with Gasteiger partial charge in [0.05, 0.1) is 12.1 Å². The number of hydroxylamine groups is 4. The largest absolute Gasteiger partial charge is 0.458 e. The van der Waals surface area contributed by atoms with Crippen molar-refractivity contribution in [3.8, 4) is 0 Å². The van der Waals surface area contributed by atoms with Gasteiger partial charge < -0.3 is 46.7 Å². The standard InChI is InChI=1S/C54H71ClN10O14/c1-6-14-32-22-42-54(73)79-30(5)46(61-49(68)38(24-35-26-41(35)65(77)78)57-50(69)39-19-20-43(55)63(39)74)52(71)60-45(29(4)33-17-12-9-13-18-33)51(70)58-37(23-34-25-40(34)64(75)76)47(66)56-36(21-31-15-10-8-11-16-31)48(67)59-44(28(3)7-2)53(72)62(42)27-32/h6,8-20,28-30,32,34-38,40-42,44-46,74-78H,7,21-27H2,1-5H3,(H,56,66)(H,57,69)(H,58,70)(H,59,67)(H,60,71)(H,61,68). The molecule has 3 aromatic rings. The number of nitrogens with zero attached hydrogens (tertiary/aromatic N) is 4. The third-order valence-electron chi connectivity index (χ3n) is 15.5. The van der Waals surface area contributed by atoms with Crippen molar-refractivity contribution >= 4 is 58.9 Å². The third kappa shape index (κ3) is 14.9. The van der Waals surface area contributed by atoms with Gasteiger partial charge in [0.15, 0.2) is 0 Å². The van der Waals surface area contributed by atoms with E-state index in [1.807, 2.05) is 13.0 Å². The molecule has 24 nitrogen and oxygen atoms in total. The zero-order valence-corrected chi connectivity index (χ0v) is 45.2. The Hall–Kier alpha value is -6.93. The summed E-state index contributed by atoms with van der Waals surface area (Å²) in [4.78, 5) is 119. The second-order valence-electron chi connectivity index (χ2n) is 21.1. The molecule has 79 heavy (non-hydrogen) atoms. The lowest BCUT2D eigenvalue weighted by molar-refractivity contribution is -0.316. The number of rotatable bonds is 17. The zero-order valence-electron chi connectivity index (χ0n) is 44.5. The van der Waals surface area contributed by atoms with E-state index >= 15 is 14.4 Å². The maximum atomic E-state index is 15.2. The maximum Gasteiger partial charge on any atom is 0.329 e. The molecule has 15 atom stereocenters. The van der Waals surface area contributed by atoms with Crippen LogP contribution in [-0.4, -0.2) is 160 Å². The second-order valence-corrected chi connectivity index (χ2v) is 21.5. The Bertz CT molecular complexity index is 2710. The molecule has 3 heterocycles. The van der Waals surface area contributed by atoms with Crippen molar-refractivity contribution in [2.24, 2.45) is 23.7 Å². The van der Waals surface area contributed by atoms with E-state index in [1.54, 1.807) is 87.5 Å². The normalized spacial score (nSPS) is 29.2. The average molecular weight is 1120 g/mol. The van der Waals surface area contributed by atoms with Crippen molar-refractivity contribution in [3.63, 3.8) is 0 Å². The number of cyclic esters (lactones) is 1. The zero-order chi connectivity index (χ0) is 57.4. The van der Waals surface area contributed by atoms with Gasteiger partial charge in [-0.05, 0) is 92.9 Å². The minimum absolute atomic E-state index is 0.0197. The van der Waals surface area contributed by atoms with Crippen LogP contribution in [0.3, 0.4) is 0 Å². The molecule has 11 N–H and O–H groups in total. The number of esters is 1. The number of ether oxygens (including phenoxy) is 1. The summed E-state index contributed by atoms with van der Waals surface area (Å²) in [5.41, 5.74) is 0.797. The molecule has 25 heteroatoms. The Kier molecular flexibility index (Phi) is 19.9. The first-order chi connectivity index (χ1) is 37.6. The first-order valence-electron chi connectivity index (χ1n) is 26.6. The smallest absolute Gasteiger partial charge is 0.329 e. The maximum absolute atomic E-state index is 15.2. The molecule has 7 rings (SSSR count). The monoisotopic (exact) mass is 1120 g/mol. The molecule has 2 aliphatic carbocycles. The molecule has 2 saturated heterocycles. The highest BCUT2D eigenvalue weighted by Crippen LogP contribution is 2.39. The quantitative estimate of drug-likeness (QED) is 0.0400. The van der Waals surface area contributed by atoms with Crippen LogP contribution in [0.1, 0.15) is 101 Å². The molecule has 0 spiro atoms. The van der Waals surface area contributed by atoms with Crippen LogP contribution in [0.25, 0.3) is 0 Å². The van der Waals surface area contributed by atoms with Gasteiger partial charge >= 0.3 is 5.97 Å². The first-order valence-corrected chi connectivity index (χ1v) is 26.9. The highest BCUT2D eigenvalue weighted by Gasteiger charge is 2.49. The van der Waals surface area contributed by atoms with E-state index in [0.29, 0.717) is 22.3 Å². The number of amides is 7. The SMILES string of the molecule is CC=CC1CC2C(=O)OC(C)C(NC(=O)C(CC3CC3N(O)O)NC(=O)c3ccc(Cl)n3O)C(=O)NC(C(C)c3ccccc3)C(=O)NC(CC3CC3N(O)O)C(=O)NC(Cc3ccccc3)C(=O)NC(C(C)CC)C(=O)N2C1. The van der Waals surface area contributed by atoms with E-state index in [1.165, 1.54) is 24.0 Å². The number of nitrogens with one attached hydrogen (secondary N) is 6. The van der Waals surface area contributed by atoms with Crippen LogP contribution in [0.2, 0.25) is 5.15 Å². The van der Waals surface area contributed by atoms with Crippen molar-refractivity contribution in [1.82, 2.24) is 52.0 Å². The molecule has 1 aromatic heterocycles. The molecule has 2 aliphatic heterocycles. The topological polar surface area (TPSA) is 334 Å². The minimum Gasteiger partial charge on any atom is -0.458 e. The summed E-state index contributed by atoms with van der Waals surface area (Å²) < 4.78 is 6.47. The van der Waals surface area contributed by atoms with Crippen LogP contribution in [0.15, 0.2) is 84.9 Å². The Balaban J connectivity index is 1.32. The molecule has 7 amide bonds. The van der Waals surface area contributed by atoms with E-state index in [0.717, 1.165) is 0 Å². The summed E-state index contributed by atoms with van der Waals surface area (Å²) in [6, 6.07) is 7.67. The number of carbonyl (C=O) groups is 8. The molecular weight excluding hydrogens is 1050 g/mol. The van der Waals surface area contributed by atoms with Crippen molar-refractivity contribution in [2.45, 2.75) is 146 Å². The van der Waals surface area contributed by atoms with E-state index < -0.39 is 131 Å². The lowest BCUT2D eigenvalue weighted by Gasteiger charge is -2.33. The number of carbonyl (C=O) groups excluding carboxylic acids is 8. The first kappa shape index (κ1) is 59.7. The van der Waals surface area contributed by atoms with Crippen LogP contribution in [0, 0.1) is 23.7 Å². The Morgan fingerprint density at radius 3 is 2.00 bits per heavy atom. The Labute approximate surface area is 461 Å². The van der Waals surface area contributed by atoms with Crippen LogP contribution < -0.4 is 31.9 Å². The van der Waals surface area contributed by atoms with Gasteiger partial charge in [0.1, 0.15) is 59.2 Å². The lowest BCUT2D eigenvalue weighted by Crippen LogP contribution is -2.62. The molecule has 2 saturated carbocycles. The third-order valence-corrected chi connectivity index (χ3v) is 15.8. The molecular formula is C54H71ClN10O14. The van der Waals surface area contributed by atoms with E-state index in [4.69, 9.17) is 16.3 Å². The number of benzene rings is 2. The van der Waals surface area contributed by atoms with Gasteiger partial charge in [-0.1, -0.05) is 122 Å². The van der Waals surface area contributed by atoms with Gasteiger partial charge in [-0.3, -0.25) is 54.4 Å². The predicted octanol–water partition coefficient (Wildman–Crippen LogP) is 2.45. The summed E-state index contributed by atoms with van der Waals surface area (Å²) in [6.07, 6.45) is 2.34. The Morgan fingerprint density at radius 2 is 1.41 bits per heavy atom. The minimum atomic E-state index is -1.89. The molecule has 0 bridgehead atoms. The van der Waals surface area contributed by atoms with E-state index in [9.17, 15) is 50.0 Å². The van der Waals surface area contributed by atoms with Crippen molar-refractivity contribution < 1.29 is 69.1 Å². The number of aromatic nitrogens is 1. The number of halogens is 1. The van der Waals surface area contributed by atoms with Crippen molar-refractivity contribution in [1.29, 1.82) is 0 Å². The molecule has 4 fully saturated rings. The molecule has 0 radical (unpaired) electrons. The van der Waals surface area contributed by atoms with Crippen molar-refractivity contribution in [3.05, 3.63) is 107 Å². The lowest BCUT2D eigenvalue weighted by atomic mass is 9.91. The van der Waals surface area contributed by atoms with Crippen molar-refractivity contribution in [2.75, 3.05) is 6.54 Å². The van der Waals surface area contributed by atoms with Gasteiger partial charge in [-0.25, -0.2) is 4.79 Å². The summed E-state index contributed by atoms with van der Waals surface area (Å²) >= 11 is 6.00. The highest BCUT2D eigenvalue weighted by molar-refractivity contribution is 6.30. The Morgan fingerprint density at radius 1 is 0.797 bits per heavy atom. The summed E-state index contributed by atoms with van der Waals surface area (Å²) in [7, 11) is 0. The summed E-state index contributed by atoms with van der Waals surface area (Å²) in [5.74, 6) is -10.2. The molecule has 4 aliphatic rings. The number of fused-ring (bicyclic) bond motifs is 1. The van der Waals surface area contributed by atoms with Gasteiger partial charge in [0.2, 0.25) is 35.4 Å². The van der Waals surface area contributed by atoms with Gasteiger partial charge in [-0.2, -0.15) is 4.73 Å². The second kappa shape index (κ2) is 26.4. The van der Waals surface area contributed by atoms with Crippen LogP contribution in [0.5, 0.6) is 0 Å². The van der Waals surface area contributed by atoms with Gasteiger partial charge in [0.25, 0.3) is 5.91 Å². The highest BCUT2D eigenvalue weighted by atomic mass is 35.5. The number of hydrogen-bond donors (Lipinski definition) is 11. The fraction of sp³-hybridized carbons (Fsp3) is 0.519.